The van der Waals surface area contributed by atoms with Crippen molar-refractivity contribution in [2.45, 2.75) is 225 Å². The Morgan fingerprint density at radius 2 is 0.602 bits per heavy atom. The number of carboxylic acids is 1. The Morgan fingerprint density at radius 3 is 0.850 bits per heavy atom. The molecule has 4 fully saturated rings. The van der Waals surface area contributed by atoms with Gasteiger partial charge in [0.2, 0.25) is 41.4 Å². The van der Waals surface area contributed by atoms with Crippen LogP contribution in [0.25, 0.3) is 0 Å². The third-order valence-corrected chi connectivity index (χ3v) is 17.8. The van der Waals surface area contributed by atoms with E-state index in [1.165, 1.54) is 43.5 Å². The predicted molar refractivity (Wildman–Crippen MR) is 356 cm³/mol. The molecule has 0 saturated carbocycles. The first kappa shape index (κ1) is 89.9. The number of nitrogens with one attached hydrogen (secondary N) is 7. The summed E-state index contributed by atoms with van der Waals surface area (Å²) >= 11 is 0. The van der Waals surface area contributed by atoms with Crippen LogP contribution in [0.5, 0.6) is 0 Å². The quantitative estimate of drug-likeness (QED) is 0.0196. The summed E-state index contributed by atoms with van der Waals surface area (Å²) in [6.45, 7) is -5.85. The first-order valence-corrected chi connectivity index (χ1v) is 35.1. The highest BCUT2D eigenvalue weighted by molar-refractivity contribution is 5.97. The van der Waals surface area contributed by atoms with E-state index in [1.807, 2.05) is 0 Å². The second-order valence-electron chi connectivity index (χ2n) is 26.2. The van der Waals surface area contributed by atoms with Crippen molar-refractivity contribution in [3.8, 4) is 0 Å². The molecule has 53 heteroatoms. The highest BCUT2D eigenvalue weighted by Gasteiger charge is 2.48. The lowest BCUT2D eigenvalue weighted by molar-refractivity contribution is -0.301. The number of aliphatic carboxylic acids is 1. The maximum Gasteiger partial charge on any atom is 0.305 e. The van der Waals surface area contributed by atoms with E-state index in [4.69, 9.17) is 43.6 Å². The van der Waals surface area contributed by atoms with E-state index >= 15 is 0 Å². The maximum absolute atomic E-state index is 14.3. The molecule has 4 aromatic rings. The van der Waals surface area contributed by atoms with E-state index in [2.05, 4.69) is 78.5 Å². The molecule has 0 spiro atoms. The molecule has 26 N–H and O–H groups in total. The number of aliphatic hydroxyl groups is 16. The third kappa shape index (κ3) is 25.7. The molecule has 24 atom stereocenters. The van der Waals surface area contributed by atoms with Gasteiger partial charge in [0.25, 0.3) is 0 Å². The molecule has 632 valence electrons. The first-order valence-electron chi connectivity index (χ1n) is 35.1. The van der Waals surface area contributed by atoms with Gasteiger partial charge >= 0.3 is 5.97 Å². The van der Waals surface area contributed by atoms with Gasteiger partial charge < -0.3 is 168 Å². The zero-order valence-electron chi connectivity index (χ0n) is 59.9. The molecule has 0 aliphatic carbocycles. The van der Waals surface area contributed by atoms with Gasteiger partial charge in [-0.05, 0) is 0 Å². The molecule has 4 aromatic heterocycles. The summed E-state index contributed by atoms with van der Waals surface area (Å²) in [4.78, 5) is 110. The van der Waals surface area contributed by atoms with Gasteiger partial charge in [0, 0.05) is 0 Å². The Morgan fingerprint density at radius 1 is 0.363 bits per heavy atom. The Hall–Kier alpha value is -8.68. The van der Waals surface area contributed by atoms with Gasteiger partial charge in [-0.2, -0.15) is 0 Å². The highest BCUT2D eigenvalue weighted by Crippen LogP contribution is 2.26. The SMILES string of the molecule is N[C@@H](CC(=O)N[C@@H](CC(=O)N[C@@H](CC(=O)N[C@@H](CC(=O)O)C(=O)NCc1cn(CCO[C@H]2O[C@H](CO)[C@@H](O)[C@H](O)[C@@H]2O)nn1)C(=O)NCc1cn(CCO[C@H]2O[C@H](CO)[C@@H](O)[C@H](O)[C@@H]2O)nn1)C(=O)NCc1cn(CCO[C@H]2O[C@H](CO)[C@@H](O)[C@H](O)[C@@H]2O)nn1)C(=O)NCc1cn(CCO[C@H]2O[C@H](CO)[C@@H](O)[C@H](O)[C@@H]2O)nn1. The van der Waals surface area contributed by atoms with Crippen LogP contribution in [0.1, 0.15) is 48.5 Å². The zero-order valence-corrected chi connectivity index (χ0v) is 59.9. The van der Waals surface area contributed by atoms with Gasteiger partial charge in [-0.25, -0.2) is 18.7 Å². The predicted octanol–water partition coefficient (Wildman–Crippen LogP) is -17.7. The summed E-state index contributed by atoms with van der Waals surface area (Å²) < 4.78 is 48.1. The normalized spacial score (nSPS) is 28.9. The number of rotatable bonds is 43. The molecule has 0 bridgehead atoms. The van der Waals surface area contributed by atoms with E-state index in [0.717, 1.165) is 0 Å². The number of hydrogen-bond donors (Lipinski definition) is 25. The lowest BCUT2D eigenvalue weighted by Gasteiger charge is -2.39. The van der Waals surface area contributed by atoms with Crippen LogP contribution in [0.2, 0.25) is 0 Å². The van der Waals surface area contributed by atoms with Crippen LogP contribution in [0.3, 0.4) is 0 Å². The summed E-state index contributed by atoms with van der Waals surface area (Å²) in [6.07, 6.45) is -30.0. The summed E-state index contributed by atoms with van der Waals surface area (Å²) in [5, 5.41) is 218. The Kier molecular flexibility index (Phi) is 34.3. The van der Waals surface area contributed by atoms with Crippen molar-refractivity contribution < 1.29 is 163 Å². The zero-order chi connectivity index (χ0) is 82.3. The van der Waals surface area contributed by atoms with E-state index in [0.29, 0.717) is 0 Å². The Balaban J connectivity index is 0.928. The highest BCUT2D eigenvalue weighted by atomic mass is 16.7. The molecule has 0 radical (unpaired) electrons. The van der Waals surface area contributed by atoms with Gasteiger partial charge in [-0.1, -0.05) is 20.9 Å². The first-order chi connectivity index (χ1) is 53.9. The van der Waals surface area contributed by atoms with Crippen molar-refractivity contribution in [1.82, 2.24) is 97.2 Å². The van der Waals surface area contributed by atoms with Crippen LogP contribution in [0.15, 0.2) is 24.8 Å². The monoisotopic (exact) mass is 1620 g/mol. The van der Waals surface area contributed by atoms with Gasteiger partial charge in [-0.15, -0.1) is 20.4 Å². The number of hydrogen-bond acceptors (Lipinski definition) is 41. The van der Waals surface area contributed by atoms with E-state index < -0.39 is 266 Å². The van der Waals surface area contributed by atoms with Crippen LogP contribution >= 0.6 is 0 Å². The summed E-state index contributed by atoms with van der Waals surface area (Å²) in [7, 11) is 0. The van der Waals surface area contributed by atoms with Crippen molar-refractivity contribution in [1.29, 1.82) is 0 Å². The molecule has 4 aliphatic rings. The number of carbonyl (C=O) groups excluding carboxylic acids is 7. The molecular formula is C60H94N20O33. The average molecular weight is 1620 g/mol. The standard InChI is InChI=1S/C60H94N20O33/c61-29(53(102)62-13-25-17-77(73-69-25)1-5-106-57-49(98)45(94)41(90)33(21-81)110-57)9-37(85)66-30(54(103)63-14-26-18-78(74-70-26)2-6-107-58-50(99)46(95)42(91)34(22-82)111-58)10-38(86)67-31(55(104)64-15-27-19-79(75-71-27)3-7-108-59-51(100)47(96)43(92)35(23-83)112-59)11-39(87)68-32(12-40(88)89)56(105)65-16-28-20-80(76-72-28)4-8-109-60-52(101)48(97)44(93)36(24-84)113-60/h17-20,29-36,41-52,57-60,81-84,90-101H,1-16,21-24,61H2,(H,62,102)(H,63,103)(H,64,104)(H,65,105)(H,66,85)(H,67,86)(H,68,87)(H,88,89)/t29-,30-,31-,32-,33+,34+,35+,36+,41+,42+,43+,44+,45-,46-,47-,48-,49-,50-,51-,52-,57-,58-,59-,60-/m0/s1. The van der Waals surface area contributed by atoms with Crippen molar-refractivity contribution in [3.05, 3.63) is 47.6 Å². The van der Waals surface area contributed by atoms with E-state index in [1.54, 1.807) is 0 Å². The number of nitrogens with two attached hydrogens (primary N) is 1. The minimum Gasteiger partial charge on any atom is -0.481 e. The smallest absolute Gasteiger partial charge is 0.305 e. The van der Waals surface area contributed by atoms with E-state index in [-0.39, 0.29) is 81.9 Å². The molecule has 4 saturated heterocycles. The molecule has 4 aliphatic heterocycles. The molecule has 113 heavy (non-hydrogen) atoms. The number of amides is 7. The van der Waals surface area contributed by atoms with Crippen molar-refractivity contribution in [2.24, 2.45) is 5.73 Å². The van der Waals surface area contributed by atoms with E-state index in [9.17, 15) is 125 Å². The molecule has 0 aromatic carbocycles. The average Bonchev–Trinajstić information content (AvgIpc) is 1.07. The Bertz CT molecular complexity index is 3700. The van der Waals surface area contributed by atoms with Crippen molar-refractivity contribution >= 4 is 47.3 Å². The number of carbonyl (C=O) groups is 8. The second kappa shape index (κ2) is 43.2. The minimum absolute atomic E-state index is 0.0251. The molecule has 0 unspecified atom stereocenters. The van der Waals surface area contributed by atoms with Crippen LogP contribution in [-0.4, -0.2) is 394 Å². The number of ether oxygens (including phenoxy) is 8. The van der Waals surface area contributed by atoms with Gasteiger partial charge in [0.1, 0.15) is 139 Å². The topological polar surface area (TPSA) is 787 Å². The summed E-state index contributed by atoms with van der Waals surface area (Å²) in [6, 6.07) is -7.50. The molecule has 8 rings (SSSR count). The summed E-state index contributed by atoms with van der Waals surface area (Å²) in [5.41, 5.74) is 6.44. The molecular weight excluding hydrogens is 1530 g/mol. The maximum atomic E-state index is 14.3. The van der Waals surface area contributed by atoms with Gasteiger partial charge in [-0.3, -0.25) is 38.4 Å². The minimum atomic E-state index is -2.00. The Labute approximate surface area is 637 Å². The number of aliphatic hydroxyl groups excluding tert-OH is 16. The molecule has 8 heterocycles. The van der Waals surface area contributed by atoms with Crippen LogP contribution in [-0.2, 0) is 129 Å². The number of aromatic nitrogens is 12. The van der Waals surface area contributed by atoms with Crippen molar-refractivity contribution in [2.75, 3.05) is 52.9 Å². The van der Waals surface area contributed by atoms with Crippen LogP contribution in [0.4, 0.5) is 0 Å². The number of carboxylic acid groups (broad SMARTS) is 1. The van der Waals surface area contributed by atoms with Gasteiger partial charge in [0.05, 0.1) is 162 Å². The molecule has 53 nitrogen and oxygen atoms in total. The van der Waals surface area contributed by atoms with Gasteiger partial charge in [0.15, 0.2) is 25.2 Å². The van der Waals surface area contributed by atoms with Crippen LogP contribution in [0, 0.1) is 0 Å². The van der Waals surface area contributed by atoms with Crippen LogP contribution < -0.4 is 43.0 Å². The molecule has 7 amide bonds. The number of nitrogens with zero attached hydrogens (tertiary/aromatic N) is 12. The lowest BCUT2D eigenvalue weighted by Crippen LogP contribution is -2.59. The lowest BCUT2D eigenvalue weighted by atomic mass is 9.99. The summed E-state index contributed by atoms with van der Waals surface area (Å²) in [5.74, 6) is -9.56. The van der Waals surface area contributed by atoms with Crippen molar-refractivity contribution in [3.63, 3.8) is 0 Å². The fourth-order valence-corrected chi connectivity index (χ4v) is 11.4. The second-order valence-corrected chi connectivity index (χ2v) is 26.2. The third-order valence-electron chi connectivity index (χ3n) is 17.8. The largest absolute Gasteiger partial charge is 0.481 e. The fourth-order valence-electron chi connectivity index (χ4n) is 11.4. The fraction of sp³-hybridized carbons (Fsp3) is 0.733.